The monoisotopic (exact) mass is 312 g/mol. The first kappa shape index (κ1) is 14.3. The number of furan rings is 1. The summed E-state index contributed by atoms with van der Waals surface area (Å²) in [7, 11) is 4.23. The summed E-state index contributed by atoms with van der Waals surface area (Å²) in [6, 6.07) is 6.59. The van der Waals surface area contributed by atoms with E-state index in [0.717, 1.165) is 36.5 Å². The van der Waals surface area contributed by atoms with Gasteiger partial charge in [-0.15, -0.1) is 5.10 Å². The van der Waals surface area contributed by atoms with Crippen LogP contribution in [0.1, 0.15) is 11.8 Å². The molecule has 0 spiro atoms. The van der Waals surface area contributed by atoms with Crippen LogP contribution in [0.25, 0.3) is 11.1 Å². The predicted molar refractivity (Wildman–Crippen MR) is 85.8 cm³/mol. The first-order valence-corrected chi connectivity index (χ1v) is 7.79. The average Bonchev–Trinajstić information content (AvgIpc) is 3.25. The van der Waals surface area contributed by atoms with E-state index in [0.29, 0.717) is 12.1 Å². The number of likely N-dealkylation sites (N-methyl/N-ethyl adjacent to an activating group) is 1. The van der Waals surface area contributed by atoms with Gasteiger partial charge in [-0.2, -0.15) is 0 Å². The highest BCUT2D eigenvalue weighted by Crippen LogP contribution is 2.27. The third kappa shape index (κ3) is 2.73. The fourth-order valence-corrected chi connectivity index (χ4v) is 3.36. The second-order valence-electron chi connectivity index (χ2n) is 6.27. The van der Waals surface area contributed by atoms with Crippen molar-refractivity contribution in [3.05, 3.63) is 42.5 Å². The molecule has 1 fully saturated rings. The van der Waals surface area contributed by atoms with Crippen molar-refractivity contribution in [1.82, 2.24) is 29.8 Å². The number of hydrogen-bond donors (Lipinski definition) is 0. The van der Waals surface area contributed by atoms with E-state index in [-0.39, 0.29) is 0 Å². The molecule has 0 bridgehead atoms. The highest BCUT2D eigenvalue weighted by Gasteiger charge is 2.36. The molecule has 1 saturated heterocycles. The maximum atomic E-state index is 5.90. The molecule has 0 N–H and O–H groups in total. The number of nitrogens with zero attached hydrogens (tertiary/aromatic N) is 6. The van der Waals surface area contributed by atoms with Gasteiger partial charge in [0, 0.05) is 37.6 Å². The summed E-state index contributed by atoms with van der Waals surface area (Å²) in [4.78, 5) is 8.99. The van der Waals surface area contributed by atoms with Crippen LogP contribution in [0.5, 0.6) is 0 Å². The van der Waals surface area contributed by atoms with Gasteiger partial charge >= 0.3 is 0 Å². The maximum Gasteiger partial charge on any atom is 0.152 e. The fraction of sp³-hybridized carbons (Fsp3) is 0.438. The van der Waals surface area contributed by atoms with Crippen molar-refractivity contribution in [3.8, 4) is 0 Å². The molecule has 0 radical (unpaired) electrons. The molecule has 2 atom stereocenters. The van der Waals surface area contributed by atoms with Crippen LogP contribution in [0.4, 0.5) is 0 Å². The zero-order valence-electron chi connectivity index (χ0n) is 13.3. The number of aromatic nitrogens is 4. The molecular formula is C16H20N6O. The molecule has 1 aliphatic rings. The van der Waals surface area contributed by atoms with Gasteiger partial charge < -0.3 is 9.32 Å². The van der Waals surface area contributed by atoms with Crippen LogP contribution < -0.4 is 0 Å². The van der Waals surface area contributed by atoms with Crippen molar-refractivity contribution in [1.29, 1.82) is 0 Å². The molecule has 4 rings (SSSR count). The van der Waals surface area contributed by atoms with Gasteiger partial charge in [0.25, 0.3) is 0 Å². The zero-order chi connectivity index (χ0) is 15.8. The molecule has 120 valence electrons. The number of fused-ring (bicyclic) bond motifs is 1. The van der Waals surface area contributed by atoms with Crippen molar-refractivity contribution in [2.75, 3.05) is 27.2 Å². The second kappa shape index (κ2) is 5.75. The highest BCUT2D eigenvalue weighted by atomic mass is 16.3. The molecule has 1 aliphatic heterocycles. The van der Waals surface area contributed by atoms with Gasteiger partial charge in [-0.25, -0.2) is 4.68 Å². The summed E-state index contributed by atoms with van der Waals surface area (Å²) in [5.74, 6) is 0.954. The fourth-order valence-electron chi connectivity index (χ4n) is 3.36. The minimum Gasteiger partial charge on any atom is -0.458 e. The zero-order valence-corrected chi connectivity index (χ0v) is 13.3. The van der Waals surface area contributed by atoms with Crippen LogP contribution in [0.2, 0.25) is 0 Å². The Balaban J connectivity index is 1.53. The van der Waals surface area contributed by atoms with Crippen LogP contribution in [-0.2, 0) is 6.54 Å². The number of likely N-dealkylation sites (tertiary alicyclic amines) is 1. The van der Waals surface area contributed by atoms with Crippen molar-refractivity contribution < 1.29 is 4.42 Å². The molecule has 0 saturated carbocycles. The van der Waals surface area contributed by atoms with Crippen LogP contribution in [0.15, 0.2) is 41.2 Å². The summed E-state index contributed by atoms with van der Waals surface area (Å²) >= 11 is 0. The van der Waals surface area contributed by atoms with Crippen LogP contribution in [-0.4, -0.2) is 63.0 Å². The Hall–Kier alpha value is -2.25. The lowest BCUT2D eigenvalue weighted by molar-refractivity contribution is 0.235. The lowest BCUT2D eigenvalue weighted by Gasteiger charge is -2.24. The topological polar surface area (TPSA) is 63.2 Å². The Kier molecular flexibility index (Phi) is 3.59. The minimum atomic E-state index is 0.301. The van der Waals surface area contributed by atoms with Gasteiger partial charge in [0.15, 0.2) is 5.58 Å². The van der Waals surface area contributed by atoms with Gasteiger partial charge in [-0.05, 0) is 26.2 Å². The third-order valence-corrected chi connectivity index (χ3v) is 4.50. The van der Waals surface area contributed by atoms with E-state index < -0.39 is 0 Å². The van der Waals surface area contributed by atoms with Gasteiger partial charge in [0.2, 0.25) is 0 Å². The van der Waals surface area contributed by atoms with E-state index in [1.165, 1.54) is 0 Å². The molecule has 0 aliphatic carbocycles. The van der Waals surface area contributed by atoms with Crippen molar-refractivity contribution in [3.63, 3.8) is 0 Å². The Morgan fingerprint density at radius 3 is 2.96 bits per heavy atom. The van der Waals surface area contributed by atoms with Gasteiger partial charge in [0.1, 0.15) is 11.3 Å². The van der Waals surface area contributed by atoms with Crippen LogP contribution in [0.3, 0.4) is 0 Å². The molecule has 7 nitrogen and oxygen atoms in total. The van der Waals surface area contributed by atoms with Gasteiger partial charge in [-0.1, -0.05) is 5.21 Å². The molecule has 0 unspecified atom stereocenters. The summed E-state index contributed by atoms with van der Waals surface area (Å²) in [5.41, 5.74) is 1.76. The largest absolute Gasteiger partial charge is 0.458 e. The number of rotatable bonds is 4. The molecule has 23 heavy (non-hydrogen) atoms. The number of pyridine rings is 1. The lowest BCUT2D eigenvalue weighted by Crippen LogP contribution is -2.36. The van der Waals surface area contributed by atoms with Crippen molar-refractivity contribution in [2.24, 2.45) is 0 Å². The van der Waals surface area contributed by atoms with Crippen LogP contribution in [0, 0.1) is 0 Å². The standard InChI is InChI=1S/C16H20N6O/c1-20(2)14-10-21(11-15(14)22-7-6-18-19-22)9-12-8-13-16(23-12)4-3-5-17-13/h3-8,14-15H,9-11H2,1-2H3/t14-,15+/m1/s1. The van der Waals surface area contributed by atoms with Gasteiger partial charge in [-0.3, -0.25) is 9.88 Å². The lowest BCUT2D eigenvalue weighted by atomic mass is 10.1. The van der Waals surface area contributed by atoms with E-state index in [4.69, 9.17) is 4.42 Å². The Labute approximate surface area is 134 Å². The van der Waals surface area contributed by atoms with Crippen molar-refractivity contribution in [2.45, 2.75) is 18.6 Å². The first-order valence-electron chi connectivity index (χ1n) is 7.79. The maximum absolute atomic E-state index is 5.90. The Bertz CT molecular complexity index is 748. The smallest absolute Gasteiger partial charge is 0.152 e. The summed E-state index contributed by atoms with van der Waals surface area (Å²) in [5, 5.41) is 8.13. The van der Waals surface area contributed by atoms with Crippen molar-refractivity contribution >= 4 is 11.1 Å². The van der Waals surface area contributed by atoms with Crippen LogP contribution >= 0.6 is 0 Å². The van der Waals surface area contributed by atoms with E-state index in [9.17, 15) is 0 Å². The van der Waals surface area contributed by atoms with E-state index >= 15 is 0 Å². The van der Waals surface area contributed by atoms with E-state index in [2.05, 4.69) is 39.2 Å². The molecule has 0 amide bonds. The number of hydrogen-bond acceptors (Lipinski definition) is 6. The second-order valence-corrected chi connectivity index (χ2v) is 6.27. The predicted octanol–water partition coefficient (Wildman–Crippen LogP) is 1.41. The molecule has 3 aromatic heterocycles. The van der Waals surface area contributed by atoms with Gasteiger partial charge in [0.05, 0.1) is 18.8 Å². The minimum absolute atomic E-state index is 0.301. The average molecular weight is 312 g/mol. The van der Waals surface area contributed by atoms with E-state index in [1.54, 1.807) is 12.4 Å². The Morgan fingerprint density at radius 2 is 2.22 bits per heavy atom. The molecular weight excluding hydrogens is 292 g/mol. The molecule has 7 heteroatoms. The normalized spacial score (nSPS) is 22.4. The molecule has 4 heterocycles. The SMILES string of the molecule is CN(C)[C@@H]1CN(Cc2cc3ncccc3o2)C[C@@H]1n1ccnn1. The highest BCUT2D eigenvalue weighted by molar-refractivity contribution is 5.72. The quantitative estimate of drug-likeness (QED) is 0.726. The summed E-state index contributed by atoms with van der Waals surface area (Å²) in [6.45, 7) is 2.69. The summed E-state index contributed by atoms with van der Waals surface area (Å²) < 4.78 is 7.86. The Morgan fingerprint density at radius 1 is 1.30 bits per heavy atom. The first-order chi connectivity index (χ1) is 11.2. The summed E-state index contributed by atoms with van der Waals surface area (Å²) in [6.07, 6.45) is 5.47. The third-order valence-electron chi connectivity index (χ3n) is 4.50. The molecule has 0 aromatic carbocycles. The van der Waals surface area contributed by atoms with E-state index in [1.807, 2.05) is 29.1 Å². The molecule has 3 aromatic rings.